The monoisotopic (exact) mass is 465 g/mol. The predicted molar refractivity (Wildman–Crippen MR) is 129 cm³/mol. The number of hydrogen-bond donors (Lipinski definition) is 1. The summed E-state index contributed by atoms with van der Waals surface area (Å²) in [5.41, 5.74) is 5.06. The van der Waals surface area contributed by atoms with Crippen LogP contribution in [0.15, 0.2) is 64.5 Å². The van der Waals surface area contributed by atoms with Crippen LogP contribution in [0.2, 0.25) is 5.02 Å². The molecule has 2 heterocycles. The first-order chi connectivity index (χ1) is 15.4. The summed E-state index contributed by atoms with van der Waals surface area (Å²) in [4.78, 5) is 29.2. The van der Waals surface area contributed by atoms with Crippen LogP contribution in [0.25, 0.3) is 11.8 Å². The molecule has 0 aliphatic carbocycles. The largest absolute Gasteiger partial charge is 0.465 e. The van der Waals surface area contributed by atoms with E-state index in [9.17, 15) is 9.59 Å². The smallest absolute Gasteiger partial charge is 0.337 e. The number of rotatable bonds is 4. The average molecular weight is 466 g/mol. The zero-order chi connectivity index (χ0) is 22.8. The molecule has 0 bridgehead atoms. The highest BCUT2D eigenvalue weighted by Crippen LogP contribution is 2.31. The predicted octanol–water partition coefficient (Wildman–Crippen LogP) is 5.43. The average Bonchev–Trinajstić information content (AvgIpc) is 3.27. The van der Waals surface area contributed by atoms with Crippen LogP contribution in [0.1, 0.15) is 27.3 Å². The van der Waals surface area contributed by atoms with E-state index in [1.807, 2.05) is 38.1 Å². The van der Waals surface area contributed by atoms with Crippen molar-refractivity contribution in [1.29, 1.82) is 0 Å². The Hall–Kier alpha value is -3.29. The normalized spacial score (nSPS) is 15.9. The topological polar surface area (TPSA) is 72.7 Å². The van der Waals surface area contributed by atoms with E-state index in [-0.39, 0.29) is 11.9 Å². The van der Waals surface area contributed by atoms with E-state index in [1.54, 1.807) is 36.4 Å². The van der Waals surface area contributed by atoms with Gasteiger partial charge in [0.1, 0.15) is 0 Å². The molecule has 2 aromatic carbocycles. The molecule has 1 aromatic heterocycles. The van der Waals surface area contributed by atoms with E-state index in [1.165, 1.54) is 18.9 Å². The summed E-state index contributed by atoms with van der Waals surface area (Å²) in [5, 5.41) is 3.96. The SMILES string of the molecule is COC(=O)c1ccc(-n2c(C)cc(/C=C3/SC(=Nc4ccc(Cl)cc4)NC3=O)c2C)cc1. The van der Waals surface area contributed by atoms with E-state index in [0.717, 1.165) is 22.6 Å². The van der Waals surface area contributed by atoms with E-state index in [0.29, 0.717) is 26.3 Å². The van der Waals surface area contributed by atoms with Gasteiger partial charge in [0.2, 0.25) is 0 Å². The molecule has 0 spiro atoms. The number of methoxy groups -OCH3 is 1. The van der Waals surface area contributed by atoms with Crippen molar-refractivity contribution in [2.45, 2.75) is 13.8 Å². The molecular weight excluding hydrogens is 446 g/mol. The molecule has 0 unspecified atom stereocenters. The minimum absolute atomic E-state index is 0.185. The van der Waals surface area contributed by atoms with Crippen molar-refractivity contribution in [3.05, 3.63) is 87.0 Å². The maximum atomic E-state index is 12.5. The first-order valence-electron chi connectivity index (χ1n) is 9.78. The van der Waals surface area contributed by atoms with Crippen molar-refractivity contribution >= 4 is 52.2 Å². The number of carbonyl (C=O) groups excluding carboxylic acids is 2. The number of benzene rings is 2. The van der Waals surface area contributed by atoms with Crippen LogP contribution >= 0.6 is 23.4 Å². The molecule has 4 rings (SSSR count). The second-order valence-electron chi connectivity index (χ2n) is 7.16. The number of halogens is 1. The number of amides is 1. The highest BCUT2D eigenvalue weighted by atomic mass is 35.5. The van der Waals surface area contributed by atoms with Crippen molar-refractivity contribution in [2.24, 2.45) is 4.99 Å². The van der Waals surface area contributed by atoms with Gasteiger partial charge >= 0.3 is 5.97 Å². The van der Waals surface area contributed by atoms with Gasteiger partial charge in [0.25, 0.3) is 5.91 Å². The van der Waals surface area contributed by atoms with E-state index < -0.39 is 0 Å². The maximum absolute atomic E-state index is 12.5. The highest BCUT2D eigenvalue weighted by molar-refractivity contribution is 8.18. The number of amidine groups is 1. The van der Waals surface area contributed by atoms with Crippen molar-refractivity contribution in [2.75, 3.05) is 7.11 Å². The minimum Gasteiger partial charge on any atom is -0.465 e. The van der Waals surface area contributed by atoms with Crippen LogP contribution in [-0.2, 0) is 9.53 Å². The molecule has 0 atom stereocenters. The molecule has 1 fully saturated rings. The number of carbonyl (C=O) groups is 2. The van der Waals surface area contributed by atoms with Gasteiger partial charge in [-0.25, -0.2) is 9.79 Å². The number of nitrogens with zero attached hydrogens (tertiary/aromatic N) is 2. The van der Waals surface area contributed by atoms with Crippen LogP contribution in [0.4, 0.5) is 5.69 Å². The number of aromatic nitrogens is 1. The number of nitrogens with one attached hydrogen (secondary N) is 1. The molecule has 1 N–H and O–H groups in total. The molecule has 162 valence electrons. The summed E-state index contributed by atoms with van der Waals surface area (Å²) in [5.74, 6) is -0.557. The number of esters is 1. The fourth-order valence-corrected chi connectivity index (χ4v) is 4.41. The van der Waals surface area contributed by atoms with Gasteiger partial charge in [0, 0.05) is 22.1 Å². The lowest BCUT2D eigenvalue weighted by Gasteiger charge is -2.10. The second-order valence-corrected chi connectivity index (χ2v) is 8.63. The summed E-state index contributed by atoms with van der Waals surface area (Å²) in [6.07, 6.45) is 1.87. The molecule has 0 saturated carbocycles. The molecule has 1 aliphatic heterocycles. The van der Waals surface area contributed by atoms with Gasteiger partial charge in [-0.1, -0.05) is 11.6 Å². The lowest BCUT2D eigenvalue weighted by atomic mass is 10.2. The van der Waals surface area contributed by atoms with E-state index >= 15 is 0 Å². The van der Waals surface area contributed by atoms with Crippen molar-refractivity contribution < 1.29 is 14.3 Å². The Bertz CT molecular complexity index is 1260. The second kappa shape index (κ2) is 9.06. The minimum atomic E-state index is -0.372. The lowest BCUT2D eigenvalue weighted by molar-refractivity contribution is -0.115. The summed E-state index contributed by atoms with van der Waals surface area (Å²) in [6, 6.07) is 16.3. The van der Waals surface area contributed by atoms with Gasteiger partial charge in [0.15, 0.2) is 5.17 Å². The summed E-state index contributed by atoms with van der Waals surface area (Å²) < 4.78 is 6.84. The van der Waals surface area contributed by atoms with Crippen LogP contribution in [-0.4, -0.2) is 28.7 Å². The highest BCUT2D eigenvalue weighted by Gasteiger charge is 2.24. The van der Waals surface area contributed by atoms with E-state index in [2.05, 4.69) is 14.9 Å². The summed E-state index contributed by atoms with van der Waals surface area (Å²) in [6.45, 7) is 3.99. The quantitative estimate of drug-likeness (QED) is 0.412. The Labute approximate surface area is 194 Å². The van der Waals surface area contributed by atoms with E-state index in [4.69, 9.17) is 16.3 Å². The zero-order valence-electron chi connectivity index (χ0n) is 17.7. The van der Waals surface area contributed by atoms with Gasteiger partial charge in [-0.05, 0) is 91.8 Å². The van der Waals surface area contributed by atoms with Crippen LogP contribution in [0.3, 0.4) is 0 Å². The van der Waals surface area contributed by atoms with Gasteiger partial charge < -0.3 is 14.6 Å². The summed E-state index contributed by atoms with van der Waals surface area (Å²) in [7, 11) is 1.36. The van der Waals surface area contributed by atoms with Crippen molar-refractivity contribution in [1.82, 2.24) is 9.88 Å². The number of hydrogen-bond acceptors (Lipinski definition) is 5. The van der Waals surface area contributed by atoms with Crippen LogP contribution in [0, 0.1) is 13.8 Å². The Balaban J connectivity index is 1.60. The fraction of sp³-hybridized carbons (Fsp3) is 0.125. The molecule has 6 nitrogen and oxygen atoms in total. The standard InChI is InChI=1S/C24H20ClN3O3S/c1-14-12-17(15(2)28(14)20-10-4-16(5-11-20)23(30)31-3)13-21-22(29)27-24(32-21)26-19-8-6-18(25)7-9-19/h4-13H,1-3H3,(H,26,27,29)/b21-13+. The number of thioether (sulfide) groups is 1. The zero-order valence-corrected chi connectivity index (χ0v) is 19.3. The number of ether oxygens (including phenoxy) is 1. The lowest BCUT2D eigenvalue weighted by Crippen LogP contribution is -2.19. The molecular formula is C24H20ClN3O3S. The Morgan fingerprint density at radius 1 is 1.12 bits per heavy atom. The molecule has 0 radical (unpaired) electrons. The van der Waals surface area contributed by atoms with Gasteiger partial charge in [0.05, 0.1) is 23.3 Å². The molecule has 8 heteroatoms. The fourth-order valence-electron chi connectivity index (χ4n) is 3.45. The van der Waals surface area contributed by atoms with Gasteiger partial charge in [-0.3, -0.25) is 4.79 Å². The van der Waals surface area contributed by atoms with Gasteiger partial charge in [-0.2, -0.15) is 0 Å². The maximum Gasteiger partial charge on any atom is 0.337 e. The third-order valence-electron chi connectivity index (χ3n) is 5.01. The first-order valence-corrected chi connectivity index (χ1v) is 11.0. The Morgan fingerprint density at radius 2 is 1.81 bits per heavy atom. The summed E-state index contributed by atoms with van der Waals surface area (Å²) >= 11 is 7.21. The molecule has 1 saturated heterocycles. The first kappa shape index (κ1) is 21.9. The number of aryl methyl sites for hydroxylation is 1. The van der Waals surface area contributed by atoms with Crippen LogP contribution in [0.5, 0.6) is 0 Å². The number of aliphatic imine (C=N–C) groups is 1. The Morgan fingerprint density at radius 3 is 2.47 bits per heavy atom. The molecule has 1 aliphatic rings. The third-order valence-corrected chi connectivity index (χ3v) is 6.17. The Kier molecular flexibility index (Phi) is 6.21. The molecule has 3 aromatic rings. The van der Waals surface area contributed by atoms with Gasteiger partial charge in [-0.15, -0.1) is 0 Å². The van der Waals surface area contributed by atoms with Crippen LogP contribution < -0.4 is 5.32 Å². The molecule has 32 heavy (non-hydrogen) atoms. The van der Waals surface area contributed by atoms with Crippen molar-refractivity contribution in [3.63, 3.8) is 0 Å². The molecule has 1 amide bonds. The van der Waals surface area contributed by atoms with Crippen molar-refractivity contribution in [3.8, 4) is 5.69 Å². The third kappa shape index (κ3) is 4.49.